The molecule has 0 bridgehead atoms. The second-order valence-corrected chi connectivity index (χ2v) is 12.1. The van der Waals surface area contributed by atoms with Crippen molar-refractivity contribution < 1.29 is 18.8 Å². The molecule has 2 aromatic rings. The van der Waals surface area contributed by atoms with E-state index in [2.05, 4.69) is 11.4 Å². The molecule has 192 valence electrons. The minimum Gasteiger partial charge on any atom is -0.325 e. The van der Waals surface area contributed by atoms with Crippen molar-refractivity contribution in [3.63, 3.8) is 0 Å². The van der Waals surface area contributed by atoms with Crippen LogP contribution in [-0.4, -0.2) is 46.1 Å². The van der Waals surface area contributed by atoms with Crippen LogP contribution in [0.4, 0.5) is 10.1 Å². The summed E-state index contributed by atoms with van der Waals surface area (Å²) < 4.78 is 14.2. The molecular weight excluding hydrogens is 471 g/mol. The van der Waals surface area contributed by atoms with Gasteiger partial charge in [0.2, 0.25) is 11.8 Å². The maximum Gasteiger partial charge on any atom is 0.255 e. The van der Waals surface area contributed by atoms with E-state index in [4.69, 9.17) is 0 Å². The molecule has 3 amide bonds. The number of para-hydroxylation sites is 1. The molecule has 1 spiro atoms. The number of nitrogens with one attached hydrogen (secondary N) is 1. The number of hydrogen-bond acceptors (Lipinski definition) is 4. The third-order valence-electron chi connectivity index (χ3n) is 8.01. The first-order valence-corrected chi connectivity index (χ1v) is 12.5. The minimum atomic E-state index is -1.02. The molecule has 3 aliphatic rings. The number of carbonyl (C=O) groups excluding carboxylic acids is 3. The van der Waals surface area contributed by atoms with E-state index in [1.807, 2.05) is 58.9 Å². The molecule has 3 heterocycles. The lowest BCUT2D eigenvalue weighted by Gasteiger charge is -2.42. The summed E-state index contributed by atoms with van der Waals surface area (Å²) in [5.74, 6) is -1.38. The van der Waals surface area contributed by atoms with Gasteiger partial charge in [0.1, 0.15) is 17.9 Å². The molecule has 0 saturated carbocycles. The number of likely N-dealkylation sites (tertiary alicyclic amines) is 1. The number of fused-ring (bicyclic) bond motifs is 3. The molecule has 7 nitrogen and oxygen atoms in total. The zero-order chi connectivity index (χ0) is 26.9. The molecule has 3 atom stereocenters. The van der Waals surface area contributed by atoms with E-state index in [9.17, 15) is 24.0 Å². The Morgan fingerprint density at radius 3 is 2.57 bits per heavy atom. The Labute approximate surface area is 216 Å². The monoisotopic (exact) mass is 502 g/mol. The SMILES string of the molecule is CC(C)(C)CC(C(=O)N1C[C@]2(CC1C#N)C(=O)Nc1ccccc12)N1C(=O)c2ccc(F)cc2C1(C)C. The fourth-order valence-corrected chi connectivity index (χ4v) is 6.30. The molecule has 0 aromatic heterocycles. The van der Waals surface area contributed by atoms with Gasteiger partial charge < -0.3 is 15.1 Å². The first kappa shape index (κ1) is 24.9. The maximum absolute atomic E-state index is 14.4. The van der Waals surface area contributed by atoms with Crippen LogP contribution >= 0.6 is 0 Å². The van der Waals surface area contributed by atoms with Crippen molar-refractivity contribution in [1.82, 2.24) is 9.80 Å². The fraction of sp³-hybridized carbons (Fsp3) is 0.448. The summed E-state index contributed by atoms with van der Waals surface area (Å²) in [5.41, 5.74) is 0.0709. The van der Waals surface area contributed by atoms with E-state index in [0.717, 1.165) is 5.56 Å². The van der Waals surface area contributed by atoms with E-state index in [1.165, 1.54) is 23.1 Å². The molecule has 0 aliphatic carbocycles. The summed E-state index contributed by atoms with van der Waals surface area (Å²) in [6.45, 7) is 9.64. The molecule has 1 N–H and O–H groups in total. The van der Waals surface area contributed by atoms with Gasteiger partial charge in [-0.25, -0.2) is 4.39 Å². The highest BCUT2D eigenvalue weighted by Gasteiger charge is 2.58. The molecule has 2 unspecified atom stereocenters. The number of rotatable bonds is 3. The number of carbonyl (C=O) groups is 3. The first-order valence-electron chi connectivity index (χ1n) is 12.5. The Morgan fingerprint density at radius 2 is 1.89 bits per heavy atom. The molecule has 8 heteroatoms. The quantitative estimate of drug-likeness (QED) is 0.676. The highest BCUT2D eigenvalue weighted by atomic mass is 19.1. The zero-order valence-electron chi connectivity index (χ0n) is 21.8. The van der Waals surface area contributed by atoms with Crippen LogP contribution in [0, 0.1) is 22.6 Å². The third-order valence-corrected chi connectivity index (χ3v) is 8.01. The van der Waals surface area contributed by atoms with Crippen molar-refractivity contribution in [3.05, 3.63) is 65.0 Å². The van der Waals surface area contributed by atoms with Gasteiger partial charge in [-0.05, 0) is 61.1 Å². The van der Waals surface area contributed by atoms with Crippen molar-refractivity contribution in [3.8, 4) is 6.07 Å². The summed E-state index contributed by atoms with van der Waals surface area (Å²) >= 11 is 0. The van der Waals surface area contributed by atoms with Gasteiger partial charge in [0.15, 0.2) is 0 Å². The van der Waals surface area contributed by atoms with Crippen molar-refractivity contribution in [2.24, 2.45) is 5.41 Å². The van der Waals surface area contributed by atoms with Gasteiger partial charge in [0.25, 0.3) is 5.91 Å². The molecular formula is C29H31FN4O3. The second-order valence-electron chi connectivity index (χ2n) is 12.1. The van der Waals surface area contributed by atoms with Gasteiger partial charge >= 0.3 is 0 Å². The summed E-state index contributed by atoms with van der Waals surface area (Å²) in [6.07, 6.45) is 0.519. The predicted molar refractivity (Wildman–Crippen MR) is 136 cm³/mol. The van der Waals surface area contributed by atoms with E-state index in [0.29, 0.717) is 23.2 Å². The maximum atomic E-state index is 14.4. The van der Waals surface area contributed by atoms with Gasteiger partial charge in [0, 0.05) is 24.2 Å². The number of nitrogens with zero attached hydrogens (tertiary/aromatic N) is 3. The first-order chi connectivity index (χ1) is 17.3. The van der Waals surface area contributed by atoms with Crippen LogP contribution in [0.15, 0.2) is 42.5 Å². The fourth-order valence-electron chi connectivity index (χ4n) is 6.30. The molecule has 0 radical (unpaired) electrons. The number of halogens is 1. The summed E-state index contributed by atoms with van der Waals surface area (Å²) in [7, 11) is 0. The third kappa shape index (κ3) is 3.71. The average molecular weight is 503 g/mol. The Hall–Kier alpha value is -3.73. The van der Waals surface area contributed by atoms with Gasteiger partial charge in [-0.3, -0.25) is 14.4 Å². The van der Waals surface area contributed by atoms with Crippen molar-refractivity contribution >= 4 is 23.4 Å². The average Bonchev–Trinajstić information content (AvgIpc) is 3.41. The summed E-state index contributed by atoms with van der Waals surface area (Å²) in [5, 5.41) is 13.0. The summed E-state index contributed by atoms with van der Waals surface area (Å²) in [4.78, 5) is 44.3. The molecule has 2 aromatic carbocycles. The van der Waals surface area contributed by atoms with Crippen LogP contribution in [-0.2, 0) is 20.5 Å². The molecule has 1 fully saturated rings. The number of anilines is 1. The van der Waals surface area contributed by atoms with Gasteiger partial charge in [0.05, 0.1) is 17.0 Å². The Kier molecular flexibility index (Phi) is 5.49. The highest BCUT2D eigenvalue weighted by molar-refractivity contribution is 6.08. The zero-order valence-corrected chi connectivity index (χ0v) is 21.8. The number of hydrogen-bond donors (Lipinski definition) is 1. The Balaban J connectivity index is 1.56. The minimum absolute atomic E-state index is 0.0532. The number of benzene rings is 2. The van der Waals surface area contributed by atoms with Crippen LogP contribution < -0.4 is 5.32 Å². The smallest absolute Gasteiger partial charge is 0.255 e. The molecule has 3 aliphatic heterocycles. The molecule has 37 heavy (non-hydrogen) atoms. The van der Waals surface area contributed by atoms with Gasteiger partial charge in [-0.2, -0.15) is 5.26 Å². The Bertz CT molecular complexity index is 1370. The van der Waals surface area contributed by atoms with Crippen LogP contribution in [0.1, 0.15) is 68.9 Å². The second kappa shape index (κ2) is 8.14. The van der Waals surface area contributed by atoms with Gasteiger partial charge in [-0.1, -0.05) is 39.0 Å². The van der Waals surface area contributed by atoms with Gasteiger partial charge in [-0.15, -0.1) is 0 Å². The van der Waals surface area contributed by atoms with E-state index in [-0.39, 0.29) is 36.1 Å². The van der Waals surface area contributed by atoms with Crippen LogP contribution in [0.25, 0.3) is 0 Å². The summed E-state index contributed by atoms with van der Waals surface area (Å²) in [6, 6.07) is 11.9. The highest BCUT2D eigenvalue weighted by Crippen LogP contribution is 2.48. The molecule has 5 rings (SSSR count). The topological polar surface area (TPSA) is 93.5 Å². The van der Waals surface area contributed by atoms with E-state index >= 15 is 0 Å². The van der Waals surface area contributed by atoms with Crippen molar-refractivity contribution in [1.29, 1.82) is 5.26 Å². The lowest BCUT2D eigenvalue weighted by Crippen LogP contribution is -2.56. The normalized spacial score (nSPS) is 24.6. The van der Waals surface area contributed by atoms with E-state index < -0.39 is 28.9 Å². The van der Waals surface area contributed by atoms with E-state index in [1.54, 1.807) is 4.90 Å². The van der Waals surface area contributed by atoms with Crippen LogP contribution in [0.3, 0.4) is 0 Å². The standard InChI is InChI=1S/C29H31FN4O3/c1-27(2,3)14-23(34-24(35)19-11-10-17(30)12-21(19)28(34,4)5)25(36)33-16-29(13-18(33)15-31)20-8-6-7-9-22(20)32-26(29)37/h6-12,18,23H,13-14,16H2,1-5H3,(H,32,37)/t18?,23?,29-/m0/s1. The largest absolute Gasteiger partial charge is 0.325 e. The molecule has 1 saturated heterocycles. The van der Waals surface area contributed by atoms with Crippen molar-refractivity contribution in [2.75, 3.05) is 11.9 Å². The Morgan fingerprint density at radius 1 is 1.19 bits per heavy atom. The van der Waals surface area contributed by atoms with Crippen LogP contribution in [0.5, 0.6) is 0 Å². The number of nitriles is 1. The lowest BCUT2D eigenvalue weighted by atomic mass is 9.80. The van der Waals surface area contributed by atoms with Crippen molar-refractivity contribution in [2.45, 2.75) is 70.5 Å². The predicted octanol–water partition coefficient (Wildman–Crippen LogP) is 4.34. The van der Waals surface area contributed by atoms with Crippen LogP contribution in [0.2, 0.25) is 0 Å². The lowest BCUT2D eigenvalue weighted by molar-refractivity contribution is -0.139. The number of amides is 3.